The predicted molar refractivity (Wildman–Crippen MR) is 78.3 cm³/mol. The van der Waals surface area contributed by atoms with Gasteiger partial charge in [-0.05, 0) is 24.1 Å². The molecule has 1 fully saturated rings. The van der Waals surface area contributed by atoms with E-state index in [4.69, 9.17) is 9.15 Å². The molecule has 106 valence electrons. The zero-order valence-electron chi connectivity index (χ0n) is 11.9. The first-order chi connectivity index (χ1) is 9.86. The van der Waals surface area contributed by atoms with Gasteiger partial charge in [0.2, 0.25) is 0 Å². The largest absolute Gasteiger partial charge is 0.467 e. The first kappa shape index (κ1) is 13.4. The number of hydrogen-bond acceptors (Lipinski definition) is 3. The molecule has 0 aliphatic carbocycles. The van der Waals surface area contributed by atoms with Crippen LogP contribution >= 0.6 is 0 Å². The molecule has 20 heavy (non-hydrogen) atoms. The van der Waals surface area contributed by atoms with E-state index in [1.165, 1.54) is 5.56 Å². The second-order valence-corrected chi connectivity index (χ2v) is 5.30. The van der Waals surface area contributed by atoms with Gasteiger partial charge in [0.05, 0.1) is 12.4 Å². The van der Waals surface area contributed by atoms with Gasteiger partial charge in [-0.25, -0.2) is 0 Å². The van der Waals surface area contributed by atoms with Crippen molar-refractivity contribution < 1.29 is 9.15 Å². The van der Waals surface area contributed by atoms with Crippen molar-refractivity contribution in [1.29, 1.82) is 0 Å². The molecule has 0 N–H and O–H groups in total. The van der Waals surface area contributed by atoms with Crippen molar-refractivity contribution in [3.05, 3.63) is 60.1 Å². The first-order valence-electron chi connectivity index (χ1n) is 7.29. The molecule has 1 atom stereocenters. The van der Waals surface area contributed by atoms with Crippen molar-refractivity contribution >= 4 is 0 Å². The molecule has 1 aliphatic heterocycles. The minimum atomic E-state index is 0.331. The lowest BCUT2D eigenvalue weighted by molar-refractivity contribution is -0.0842. The van der Waals surface area contributed by atoms with Crippen LogP contribution in [0.1, 0.15) is 30.7 Å². The zero-order valence-corrected chi connectivity index (χ0v) is 11.9. The van der Waals surface area contributed by atoms with Gasteiger partial charge in [-0.2, -0.15) is 0 Å². The van der Waals surface area contributed by atoms with Gasteiger partial charge in [0.1, 0.15) is 12.4 Å². The third-order valence-corrected chi connectivity index (χ3v) is 3.93. The van der Waals surface area contributed by atoms with Crippen LogP contribution in [0.4, 0.5) is 0 Å². The van der Waals surface area contributed by atoms with Gasteiger partial charge in [-0.1, -0.05) is 37.3 Å². The highest BCUT2D eigenvalue weighted by Gasteiger charge is 2.32. The molecule has 2 aromatic rings. The summed E-state index contributed by atoms with van der Waals surface area (Å²) >= 11 is 0. The van der Waals surface area contributed by atoms with Crippen LogP contribution in [-0.4, -0.2) is 24.1 Å². The monoisotopic (exact) mass is 271 g/mol. The van der Waals surface area contributed by atoms with Gasteiger partial charge in [-0.15, -0.1) is 0 Å². The van der Waals surface area contributed by atoms with E-state index in [2.05, 4.69) is 42.2 Å². The Kier molecular flexibility index (Phi) is 4.19. The fourth-order valence-corrected chi connectivity index (χ4v) is 2.80. The first-order valence-corrected chi connectivity index (χ1v) is 7.29. The van der Waals surface area contributed by atoms with E-state index in [0.717, 1.165) is 25.3 Å². The summed E-state index contributed by atoms with van der Waals surface area (Å²) in [6.45, 7) is 4.84. The molecule has 3 rings (SSSR count). The van der Waals surface area contributed by atoms with Gasteiger partial charge < -0.3 is 9.15 Å². The van der Waals surface area contributed by atoms with Gasteiger partial charge in [-0.3, -0.25) is 4.90 Å². The van der Waals surface area contributed by atoms with E-state index < -0.39 is 0 Å². The minimum Gasteiger partial charge on any atom is -0.467 e. The summed E-state index contributed by atoms with van der Waals surface area (Å²) < 4.78 is 11.1. The molecule has 0 amide bonds. The molecular formula is C17H21NO2. The Morgan fingerprint density at radius 3 is 2.65 bits per heavy atom. The number of rotatable bonds is 6. The van der Waals surface area contributed by atoms with Crippen LogP contribution < -0.4 is 0 Å². The standard InChI is InChI=1S/C17H21NO2/c1-2-17(14-7-4-3-5-8-14)18-11-16(12-18)20-13-15-9-6-10-19-15/h3-10,16-17H,2,11-13H2,1H3. The molecular weight excluding hydrogens is 250 g/mol. The van der Waals surface area contributed by atoms with Crippen molar-refractivity contribution in [2.75, 3.05) is 13.1 Å². The van der Waals surface area contributed by atoms with Crippen molar-refractivity contribution in [1.82, 2.24) is 4.90 Å². The lowest BCUT2D eigenvalue weighted by Crippen LogP contribution is -2.53. The quantitative estimate of drug-likeness (QED) is 0.802. The van der Waals surface area contributed by atoms with E-state index in [9.17, 15) is 0 Å². The van der Waals surface area contributed by atoms with E-state index in [1.807, 2.05) is 12.1 Å². The molecule has 1 saturated heterocycles. The molecule has 0 radical (unpaired) electrons. The van der Waals surface area contributed by atoms with Crippen LogP contribution in [0.25, 0.3) is 0 Å². The normalized spacial score (nSPS) is 17.9. The molecule has 3 nitrogen and oxygen atoms in total. The predicted octanol–water partition coefficient (Wildman–Crippen LogP) is 3.63. The van der Waals surface area contributed by atoms with Gasteiger partial charge in [0.15, 0.2) is 0 Å². The number of furan rings is 1. The highest BCUT2D eigenvalue weighted by Crippen LogP contribution is 2.29. The Morgan fingerprint density at radius 1 is 1.20 bits per heavy atom. The molecule has 1 aliphatic rings. The van der Waals surface area contributed by atoms with Crippen molar-refractivity contribution in [2.24, 2.45) is 0 Å². The van der Waals surface area contributed by atoms with E-state index >= 15 is 0 Å². The van der Waals surface area contributed by atoms with Crippen LogP contribution in [0.2, 0.25) is 0 Å². The number of benzene rings is 1. The Morgan fingerprint density at radius 2 is 2.00 bits per heavy atom. The van der Waals surface area contributed by atoms with Gasteiger partial charge in [0, 0.05) is 19.1 Å². The van der Waals surface area contributed by atoms with Crippen LogP contribution in [0.5, 0.6) is 0 Å². The highest BCUT2D eigenvalue weighted by atomic mass is 16.5. The maximum Gasteiger partial charge on any atom is 0.129 e. The average Bonchev–Trinajstić information content (AvgIpc) is 2.95. The number of ether oxygens (including phenoxy) is 1. The molecule has 2 heterocycles. The summed E-state index contributed by atoms with van der Waals surface area (Å²) in [6.07, 6.45) is 3.15. The van der Waals surface area contributed by atoms with Gasteiger partial charge in [0.25, 0.3) is 0 Å². The Labute approximate surface area is 120 Å². The van der Waals surface area contributed by atoms with Crippen LogP contribution in [0.15, 0.2) is 53.1 Å². The Bertz CT molecular complexity index is 503. The van der Waals surface area contributed by atoms with E-state index in [-0.39, 0.29) is 0 Å². The summed E-state index contributed by atoms with van der Waals surface area (Å²) in [4.78, 5) is 2.49. The van der Waals surface area contributed by atoms with Crippen LogP contribution in [0, 0.1) is 0 Å². The van der Waals surface area contributed by atoms with E-state index in [0.29, 0.717) is 18.8 Å². The van der Waals surface area contributed by atoms with Gasteiger partial charge >= 0.3 is 0 Å². The molecule has 0 spiro atoms. The summed E-state index contributed by atoms with van der Waals surface area (Å²) in [7, 11) is 0. The fraction of sp³-hybridized carbons (Fsp3) is 0.412. The average molecular weight is 271 g/mol. The molecule has 1 aromatic carbocycles. The van der Waals surface area contributed by atoms with Crippen molar-refractivity contribution in [3.63, 3.8) is 0 Å². The second kappa shape index (κ2) is 6.25. The third kappa shape index (κ3) is 2.94. The summed E-state index contributed by atoms with van der Waals surface area (Å²) in [5, 5.41) is 0. The topological polar surface area (TPSA) is 25.6 Å². The minimum absolute atomic E-state index is 0.331. The molecule has 1 aromatic heterocycles. The fourth-order valence-electron chi connectivity index (χ4n) is 2.80. The lowest BCUT2D eigenvalue weighted by Gasteiger charge is -2.44. The van der Waals surface area contributed by atoms with E-state index in [1.54, 1.807) is 6.26 Å². The van der Waals surface area contributed by atoms with Crippen LogP contribution in [0.3, 0.4) is 0 Å². The second-order valence-electron chi connectivity index (χ2n) is 5.30. The highest BCUT2D eigenvalue weighted by molar-refractivity contribution is 5.19. The van der Waals surface area contributed by atoms with Crippen molar-refractivity contribution in [2.45, 2.75) is 32.1 Å². The summed E-state index contributed by atoms with van der Waals surface area (Å²) in [6, 6.07) is 15.1. The van der Waals surface area contributed by atoms with Crippen LogP contribution in [-0.2, 0) is 11.3 Å². The molecule has 0 bridgehead atoms. The summed E-state index contributed by atoms with van der Waals surface area (Å²) in [5.74, 6) is 0.901. The maximum atomic E-state index is 5.85. The number of likely N-dealkylation sites (tertiary alicyclic amines) is 1. The SMILES string of the molecule is CCC(c1ccccc1)N1CC(OCc2ccco2)C1. The lowest BCUT2D eigenvalue weighted by atomic mass is 9.98. The molecule has 1 unspecified atom stereocenters. The maximum absolute atomic E-state index is 5.85. The third-order valence-electron chi connectivity index (χ3n) is 3.93. The zero-order chi connectivity index (χ0) is 13.8. The summed E-state index contributed by atoms with van der Waals surface area (Å²) in [5.41, 5.74) is 1.40. The smallest absolute Gasteiger partial charge is 0.129 e. The Hall–Kier alpha value is -1.58. The number of nitrogens with zero attached hydrogens (tertiary/aromatic N) is 1. The molecule has 0 saturated carbocycles. The number of hydrogen-bond donors (Lipinski definition) is 0. The molecule has 3 heteroatoms. The Balaban J connectivity index is 1.49. The van der Waals surface area contributed by atoms with Crippen molar-refractivity contribution in [3.8, 4) is 0 Å².